The SMILES string of the molecule is CN(C)CCNc1nc(NCc2cccc(F)c2)cc(C2CC2)n1. The first kappa shape index (κ1) is 16.6. The lowest BCUT2D eigenvalue weighted by Crippen LogP contribution is -2.21. The highest BCUT2D eigenvalue weighted by molar-refractivity contribution is 5.44. The van der Waals surface area contributed by atoms with Gasteiger partial charge in [-0.1, -0.05) is 12.1 Å². The lowest BCUT2D eigenvalue weighted by atomic mass is 10.2. The number of nitrogens with zero attached hydrogens (tertiary/aromatic N) is 3. The van der Waals surface area contributed by atoms with Gasteiger partial charge in [0, 0.05) is 31.6 Å². The molecule has 2 aromatic rings. The maximum Gasteiger partial charge on any atom is 0.224 e. The van der Waals surface area contributed by atoms with Crippen LogP contribution in [-0.4, -0.2) is 42.1 Å². The number of nitrogens with one attached hydrogen (secondary N) is 2. The van der Waals surface area contributed by atoms with E-state index < -0.39 is 0 Å². The van der Waals surface area contributed by atoms with Crippen LogP contribution in [0.2, 0.25) is 0 Å². The summed E-state index contributed by atoms with van der Waals surface area (Å²) >= 11 is 0. The van der Waals surface area contributed by atoms with Crippen LogP contribution in [0.15, 0.2) is 30.3 Å². The second-order valence-electron chi connectivity index (χ2n) is 6.49. The lowest BCUT2D eigenvalue weighted by Gasteiger charge is -2.13. The van der Waals surface area contributed by atoms with E-state index in [1.54, 1.807) is 6.07 Å². The molecule has 1 aromatic carbocycles. The van der Waals surface area contributed by atoms with Gasteiger partial charge in [-0.3, -0.25) is 0 Å². The third kappa shape index (κ3) is 4.89. The Morgan fingerprint density at radius 3 is 2.71 bits per heavy atom. The molecule has 0 amide bonds. The maximum atomic E-state index is 13.3. The monoisotopic (exact) mass is 329 g/mol. The molecule has 0 bridgehead atoms. The van der Waals surface area contributed by atoms with E-state index in [1.807, 2.05) is 26.2 Å². The standard InChI is InChI=1S/C18H24FN5/c1-24(2)9-8-20-18-22-16(14-6-7-14)11-17(23-18)21-12-13-4-3-5-15(19)10-13/h3-5,10-11,14H,6-9,12H2,1-2H3,(H2,20,21,22,23). The molecule has 0 saturated heterocycles. The zero-order valence-corrected chi connectivity index (χ0v) is 14.2. The average Bonchev–Trinajstić information content (AvgIpc) is 3.37. The summed E-state index contributed by atoms with van der Waals surface area (Å²) in [5.41, 5.74) is 1.97. The maximum absolute atomic E-state index is 13.3. The Balaban J connectivity index is 1.67. The van der Waals surface area contributed by atoms with Gasteiger partial charge in [-0.25, -0.2) is 9.37 Å². The van der Waals surface area contributed by atoms with E-state index in [0.717, 1.165) is 30.2 Å². The summed E-state index contributed by atoms with van der Waals surface area (Å²) < 4.78 is 13.3. The van der Waals surface area contributed by atoms with Crippen molar-refractivity contribution in [3.05, 3.63) is 47.4 Å². The Bertz CT molecular complexity index is 685. The van der Waals surface area contributed by atoms with Gasteiger partial charge in [0.15, 0.2) is 0 Å². The van der Waals surface area contributed by atoms with E-state index in [9.17, 15) is 4.39 Å². The third-order valence-electron chi connectivity index (χ3n) is 3.95. The Hall–Kier alpha value is -2.21. The van der Waals surface area contributed by atoms with Crippen LogP contribution >= 0.6 is 0 Å². The summed E-state index contributed by atoms with van der Waals surface area (Å²) in [6, 6.07) is 8.61. The molecule has 0 aliphatic heterocycles. The Labute approximate surface area is 142 Å². The van der Waals surface area contributed by atoms with Gasteiger partial charge in [0.2, 0.25) is 5.95 Å². The Kier molecular flexibility index (Phi) is 5.25. The van der Waals surface area contributed by atoms with Crippen LogP contribution in [-0.2, 0) is 6.54 Å². The third-order valence-corrected chi connectivity index (χ3v) is 3.95. The van der Waals surface area contributed by atoms with E-state index in [2.05, 4.69) is 25.5 Å². The van der Waals surface area contributed by atoms with E-state index in [0.29, 0.717) is 18.4 Å². The molecule has 1 saturated carbocycles. The predicted molar refractivity (Wildman–Crippen MR) is 94.8 cm³/mol. The second kappa shape index (κ2) is 7.57. The number of benzene rings is 1. The molecule has 0 atom stereocenters. The van der Waals surface area contributed by atoms with Crippen LogP contribution in [0.3, 0.4) is 0 Å². The fraction of sp³-hybridized carbons (Fsp3) is 0.444. The highest BCUT2D eigenvalue weighted by Gasteiger charge is 2.26. The van der Waals surface area contributed by atoms with Gasteiger partial charge in [-0.05, 0) is 44.6 Å². The Morgan fingerprint density at radius 1 is 1.17 bits per heavy atom. The molecular weight excluding hydrogens is 305 g/mol. The summed E-state index contributed by atoms with van der Waals surface area (Å²) in [6.45, 7) is 2.25. The lowest BCUT2D eigenvalue weighted by molar-refractivity contribution is 0.425. The van der Waals surface area contributed by atoms with Crippen LogP contribution < -0.4 is 10.6 Å². The van der Waals surface area contributed by atoms with Crippen LogP contribution in [0.4, 0.5) is 16.2 Å². The molecule has 1 heterocycles. The van der Waals surface area contributed by atoms with Crippen LogP contribution in [0.5, 0.6) is 0 Å². The second-order valence-corrected chi connectivity index (χ2v) is 6.49. The summed E-state index contributed by atoms with van der Waals surface area (Å²) in [6.07, 6.45) is 2.38. The first-order chi connectivity index (χ1) is 11.6. The van der Waals surface area contributed by atoms with E-state index >= 15 is 0 Å². The molecule has 0 unspecified atom stereocenters. The molecular formula is C18H24FN5. The molecule has 1 fully saturated rings. The minimum atomic E-state index is -0.221. The van der Waals surface area contributed by atoms with Crippen molar-refractivity contribution < 1.29 is 4.39 Å². The molecule has 24 heavy (non-hydrogen) atoms. The Morgan fingerprint density at radius 2 is 2.00 bits per heavy atom. The van der Waals surface area contributed by atoms with Gasteiger partial charge in [0.1, 0.15) is 11.6 Å². The first-order valence-electron chi connectivity index (χ1n) is 8.36. The molecule has 6 heteroatoms. The largest absolute Gasteiger partial charge is 0.366 e. The fourth-order valence-electron chi connectivity index (χ4n) is 2.45. The van der Waals surface area contributed by atoms with Gasteiger partial charge in [-0.2, -0.15) is 4.98 Å². The predicted octanol–water partition coefficient (Wildman–Crippen LogP) is 3.08. The number of halogens is 1. The van der Waals surface area contributed by atoms with E-state index in [-0.39, 0.29) is 5.82 Å². The average molecular weight is 329 g/mol. The fourth-order valence-corrected chi connectivity index (χ4v) is 2.45. The summed E-state index contributed by atoms with van der Waals surface area (Å²) in [5.74, 6) is 1.77. The zero-order chi connectivity index (χ0) is 16.9. The minimum Gasteiger partial charge on any atom is -0.366 e. The first-order valence-corrected chi connectivity index (χ1v) is 8.36. The molecule has 0 radical (unpaired) electrons. The number of anilines is 2. The molecule has 128 valence electrons. The van der Waals surface area contributed by atoms with Crippen molar-refractivity contribution in [1.82, 2.24) is 14.9 Å². The van der Waals surface area contributed by atoms with Crippen molar-refractivity contribution in [2.24, 2.45) is 0 Å². The highest BCUT2D eigenvalue weighted by Crippen LogP contribution is 2.39. The quantitative estimate of drug-likeness (QED) is 0.779. The van der Waals surface area contributed by atoms with Crippen LogP contribution in [0, 0.1) is 5.82 Å². The van der Waals surface area contributed by atoms with Crippen molar-refractivity contribution in [1.29, 1.82) is 0 Å². The van der Waals surface area contributed by atoms with Crippen LogP contribution in [0.25, 0.3) is 0 Å². The molecule has 3 rings (SSSR count). The normalized spacial score (nSPS) is 14.0. The summed E-state index contributed by atoms with van der Waals surface area (Å²) in [7, 11) is 4.07. The number of likely N-dealkylation sites (N-methyl/N-ethyl adjacent to an activating group) is 1. The van der Waals surface area contributed by atoms with Crippen molar-refractivity contribution in [3.8, 4) is 0 Å². The van der Waals surface area contributed by atoms with Crippen molar-refractivity contribution in [2.75, 3.05) is 37.8 Å². The summed E-state index contributed by atoms with van der Waals surface area (Å²) in [5, 5.41) is 6.57. The molecule has 0 spiro atoms. The van der Waals surface area contributed by atoms with Gasteiger partial charge in [0.05, 0.1) is 5.69 Å². The number of hydrogen-bond acceptors (Lipinski definition) is 5. The molecule has 1 aliphatic carbocycles. The van der Waals surface area contributed by atoms with Gasteiger partial charge in [0.25, 0.3) is 0 Å². The van der Waals surface area contributed by atoms with E-state index in [1.165, 1.54) is 25.0 Å². The van der Waals surface area contributed by atoms with Crippen molar-refractivity contribution in [2.45, 2.75) is 25.3 Å². The van der Waals surface area contributed by atoms with Gasteiger partial charge < -0.3 is 15.5 Å². The number of aromatic nitrogens is 2. The van der Waals surface area contributed by atoms with Crippen molar-refractivity contribution >= 4 is 11.8 Å². The zero-order valence-electron chi connectivity index (χ0n) is 14.2. The van der Waals surface area contributed by atoms with Crippen LogP contribution in [0.1, 0.15) is 30.0 Å². The summed E-state index contributed by atoms with van der Waals surface area (Å²) in [4.78, 5) is 11.3. The van der Waals surface area contributed by atoms with Gasteiger partial charge >= 0.3 is 0 Å². The van der Waals surface area contributed by atoms with E-state index in [4.69, 9.17) is 0 Å². The topological polar surface area (TPSA) is 53.1 Å². The van der Waals surface area contributed by atoms with Crippen molar-refractivity contribution in [3.63, 3.8) is 0 Å². The smallest absolute Gasteiger partial charge is 0.224 e. The highest BCUT2D eigenvalue weighted by atomic mass is 19.1. The number of rotatable bonds is 8. The molecule has 1 aliphatic rings. The minimum absolute atomic E-state index is 0.221. The molecule has 2 N–H and O–H groups in total. The number of hydrogen-bond donors (Lipinski definition) is 2. The molecule has 5 nitrogen and oxygen atoms in total. The van der Waals surface area contributed by atoms with Gasteiger partial charge in [-0.15, -0.1) is 0 Å². The molecule has 1 aromatic heterocycles.